The van der Waals surface area contributed by atoms with E-state index in [4.69, 9.17) is 0 Å². The lowest BCUT2D eigenvalue weighted by Crippen LogP contribution is -2.47. The third kappa shape index (κ3) is 3.38. The van der Waals surface area contributed by atoms with Crippen LogP contribution in [0.5, 0.6) is 0 Å². The fraction of sp³-hybridized carbons (Fsp3) is 1.00. The van der Waals surface area contributed by atoms with Crippen molar-refractivity contribution >= 4 is 11.8 Å². The van der Waals surface area contributed by atoms with Gasteiger partial charge in [0, 0.05) is 18.3 Å². The van der Waals surface area contributed by atoms with Crippen LogP contribution in [-0.2, 0) is 0 Å². The molecule has 2 N–H and O–H groups in total. The van der Waals surface area contributed by atoms with Crippen molar-refractivity contribution in [1.29, 1.82) is 0 Å². The fourth-order valence-corrected chi connectivity index (χ4v) is 3.79. The summed E-state index contributed by atoms with van der Waals surface area (Å²) in [6.07, 6.45) is 5.52. The Hall–Kier alpha value is 0.270. The summed E-state index contributed by atoms with van der Waals surface area (Å²) >= 11 is 2.02. The van der Waals surface area contributed by atoms with Crippen LogP contribution in [0.2, 0.25) is 0 Å². The SMILES string of the molecule is CC1(C)CCC(O)(CNC2CCSC2)CC1. The molecule has 0 spiro atoms. The lowest BCUT2D eigenvalue weighted by atomic mass is 9.71. The Labute approximate surface area is 104 Å². The first-order chi connectivity index (χ1) is 7.49. The summed E-state index contributed by atoms with van der Waals surface area (Å²) in [5.41, 5.74) is 0.0121. The molecule has 3 heteroatoms. The molecule has 1 aliphatic carbocycles. The molecule has 1 atom stereocenters. The van der Waals surface area contributed by atoms with E-state index in [-0.39, 0.29) is 0 Å². The molecular formula is C13H25NOS. The second kappa shape index (κ2) is 4.87. The molecule has 94 valence electrons. The zero-order chi connectivity index (χ0) is 11.6. The minimum atomic E-state index is -0.428. The molecule has 0 aromatic rings. The summed E-state index contributed by atoms with van der Waals surface area (Å²) in [4.78, 5) is 0. The monoisotopic (exact) mass is 243 g/mol. The van der Waals surface area contributed by atoms with E-state index in [1.165, 1.54) is 17.9 Å². The van der Waals surface area contributed by atoms with Crippen LogP contribution in [-0.4, -0.2) is 34.8 Å². The van der Waals surface area contributed by atoms with Crippen LogP contribution in [0.3, 0.4) is 0 Å². The van der Waals surface area contributed by atoms with Gasteiger partial charge in [0.15, 0.2) is 0 Å². The summed E-state index contributed by atoms with van der Waals surface area (Å²) < 4.78 is 0. The summed E-state index contributed by atoms with van der Waals surface area (Å²) in [6, 6.07) is 0.643. The highest BCUT2D eigenvalue weighted by Gasteiger charge is 2.36. The predicted molar refractivity (Wildman–Crippen MR) is 70.9 cm³/mol. The molecule has 1 saturated heterocycles. The fourth-order valence-electron chi connectivity index (χ4n) is 2.60. The molecule has 16 heavy (non-hydrogen) atoms. The van der Waals surface area contributed by atoms with Crippen molar-refractivity contribution < 1.29 is 5.11 Å². The molecule has 0 aromatic heterocycles. The van der Waals surface area contributed by atoms with Crippen molar-refractivity contribution in [1.82, 2.24) is 5.32 Å². The van der Waals surface area contributed by atoms with E-state index in [9.17, 15) is 5.11 Å². The van der Waals surface area contributed by atoms with Crippen molar-refractivity contribution in [2.45, 2.75) is 57.6 Å². The van der Waals surface area contributed by atoms with Crippen LogP contribution in [0.4, 0.5) is 0 Å². The lowest BCUT2D eigenvalue weighted by molar-refractivity contribution is -0.0256. The number of aliphatic hydroxyl groups is 1. The molecule has 2 aliphatic rings. The number of hydrogen-bond acceptors (Lipinski definition) is 3. The van der Waals surface area contributed by atoms with Crippen molar-refractivity contribution in [3.05, 3.63) is 0 Å². The normalized spacial score (nSPS) is 32.8. The molecular weight excluding hydrogens is 218 g/mol. The molecule has 0 amide bonds. The van der Waals surface area contributed by atoms with Gasteiger partial charge in [-0.3, -0.25) is 0 Å². The Morgan fingerprint density at radius 2 is 1.94 bits per heavy atom. The van der Waals surface area contributed by atoms with Gasteiger partial charge >= 0.3 is 0 Å². The van der Waals surface area contributed by atoms with E-state index in [1.807, 2.05) is 11.8 Å². The Morgan fingerprint density at radius 3 is 2.50 bits per heavy atom. The van der Waals surface area contributed by atoms with Gasteiger partial charge in [0.1, 0.15) is 0 Å². The maximum atomic E-state index is 10.5. The van der Waals surface area contributed by atoms with E-state index in [0.717, 1.165) is 32.2 Å². The largest absolute Gasteiger partial charge is 0.389 e. The van der Waals surface area contributed by atoms with E-state index in [2.05, 4.69) is 19.2 Å². The van der Waals surface area contributed by atoms with E-state index < -0.39 is 5.60 Å². The summed E-state index contributed by atoms with van der Waals surface area (Å²) in [6.45, 7) is 5.43. The Kier molecular flexibility index (Phi) is 3.87. The molecule has 2 rings (SSSR count). The number of nitrogens with one attached hydrogen (secondary N) is 1. The van der Waals surface area contributed by atoms with Gasteiger partial charge in [-0.05, 0) is 43.3 Å². The molecule has 2 fully saturated rings. The van der Waals surface area contributed by atoms with Crippen molar-refractivity contribution in [3.63, 3.8) is 0 Å². The Balaban J connectivity index is 1.75. The average Bonchev–Trinajstić information content (AvgIpc) is 2.74. The third-order valence-electron chi connectivity index (χ3n) is 4.18. The summed E-state index contributed by atoms with van der Waals surface area (Å²) in [5, 5.41) is 14.0. The molecule has 0 aromatic carbocycles. The first-order valence-corrected chi connectivity index (χ1v) is 7.68. The van der Waals surface area contributed by atoms with Gasteiger partial charge in [-0.1, -0.05) is 13.8 Å². The van der Waals surface area contributed by atoms with E-state index >= 15 is 0 Å². The lowest BCUT2D eigenvalue weighted by Gasteiger charge is -2.40. The zero-order valence-corrected chi connectivity index (χ0v) is 11.4. The van der Waals surface area contributed by atoms with Crippen molar-refractivity contribution in [2.75, 3.05) is 18.1 Å². The van der Waals surface area contributed by atoms with Gasteiger partial charge in [0.25, 0.3) is 0 Å². The van der Waals surface area contributed by atoms with Crippen LogP contribution in [0.15, 0.2) is 0 Å². The highest BCUT2D eigenvalue weighted by molar-refractivity contribution is 7.99. The Bertz CT molecular complexity index is 226. The molecule has 0 radical (unpaired) electrons. The predicted octanol–water partition coefficient (Wildman–Crippen LogP) is 2.41. The van der Waals surface area contributed by atoms with Crippen molar-refractivity contribution in [3.8, 4) is 0 Å². The molecule has 1 saturated carbocycles. The average molecular weight is 243 g/mol. The minimum absolute atomic E-state index is 0.428. The summed E-state index contributed by atoms with van der Waals surface area (Å²) in [5.74, 6) is 2.50. The van der Waals surface area contributed by atoms with Gasteiger partial charge < -0.3 is 10.4 Å². The van der Waals surface area contributed by atoms with Crippen LogP contribution >= 0.6 is 11.8 Å². The molecule has 2 nitrogen and oxygen atoms in total. The van der Waals surface area contributed by atoms with Gasteiger partial charge in [-0.15, -0.1) is 0 Å². The smallest absolute Gasteiger partial charge is 0.0772 e. The summed E-state index contributed by atoms with van der Waals surface area (Å²) in [7, 11) is 0. The topological polar surface area (TPSA) is 32.3 Å². The highest BCUT2D eigenvalue weighted by Crippen LogP contribution is 2.39. The van der Waals surface area contributed by atoms with E-state index in [0.29, 0.717) is 11.5 Å². The second-order valence-corrected chi connectivity index (χ2v) is 7.48. The van der Waals surface area contributed by atoms with E-state index in [1.54, 1.807) is 0 Å². The highest BCUT2D eigenvalue weighted by atomic mass is 32.2. The molecule has 1 heterocycles. The zero-order valence-electron chi connectivity index (χ0n) is 10.6. The standard InChI is InChI=1S/C13H25NOS/c1-12(2)4-6-13(15,7-5-12)10-14-11-3-8-16-9-11/h11,14-15H,3-10H2,1-2H3. The number of rotatable bonds is 3. The number of hydrogen-bond donors (Lipinski definition) is 2. The van der Waals surface area contributed by atoms with Crippen LogP contribution in [0, 0.1) is 5.41 Å². The molecule has 1 aliphatic heterocycles. The molecule has 1 unspecified atom stereocenters. The quantitative estimate of drug-likeness (QED) is 0.798. The first kappa shape index (κ1) is 12.7. The van der Waals surface area contributed by atoms with Gasteiger partial charge in [-0.2, -0.15) is 11.8 Å². The van der Waals surface area contributed by atoms with Gasteiger partial charge in [0.2, 0.25) is 0 Å². The maximum absolute atomic E-state index is 10.5. The van der Waals surface area contributed by atoms with Crippen molar-refractivity contribution in [2.24, 2.45) is 5.41 Å². The van der Waals surface area contributed by atoms with Crippen LogP contribution in [0.25, 0.3) is 0 Å². The van der Waals surface area contributed by atoms with Gasteiger partial charge in [-0.25, -0.2) is 0 Å². The van der Waals surface area contributed by atoms with Crippen LogP contribution < -0.4 is 5.32 Å². The second-order valence-electron chi connectivity index (χ2n) is 6.33. The number of thioether (sulfide) groups is 1. The van der Waals surface area contributed by atoms with Crippen LogP contribution in [0.1, 0.15) is 46.0 Å². The first-order valence-electron chi connectivity index (χ1n) is 6.53. The third-order valence-corrected chi connectivity index (χ3v) is 5.35. The molecule has 0 bridgehead atoms. The van der Waals surface area contributed by atoms with Gasteiger partial charge in [0.05, 0.1) is 5.60 Å². The minimum Gasteiger partial charge on any atom is -0.389 e. The Morgan fingerprint density at radius 1 is 1.25 bits per heavy atom. The maximum Gasteiger partial charge on any atom is 0.0772 e.